The van der Waals surface area contributed by atoms with Crippen LogP contribution in [0.3, 0.4) is 0 Å². The minimum Gasteiger partial charge on any atom is -0.458 e. The highest BCUT2D eigenvalue weighted by molar-refractivity contribution is 5.84. The Kier molecular flexibility index (Phi) is 13.7. The number of methoxy groups -OCH3 is 1. The Morgan fingerprint density at radius 3 is 2.13 bits per heavy atom. The summed E-state index contributed by atoms with van der Waals surface area (Å²) in [5.41, 5.74) is -4.33. The van der Waals surface area contributed by atoms with Gasteiger partial charge in [-0.15, -0.1) is 0 Å². The molecule has 15 nitrogen and oxygen atoms in total. The van der Waals surface area contributed by atoms with Crippen molar-refractivity contribution >= 4 is 17.9 Å². The van der Waals surface area contributed by atoms with Crippen molar-refractivity contribution in [2.24, 2.45) is 23.7 Å². The number of nitrogens with zero attached hydrogens (tertiary/aromatic N) is 1. The highest BCUT2D eigenvalue weighted by Crippen LogP contribution is 2.43. The summed E-state index contributed by atoms with van der Waals surface area (Å²) >= 11 is 0. The number of carbonyl (C=O) groups is 3. The molecule has 0 unspecified atom stereocenters. The molecule has 0 aromatic carbocycles. The molecule has 3 N–H and O–H groups in total. The molecule has 0 saturated carbocycles. The normalized spacial score (nSPS) is 49.1. The lowest BCUT2D eigenvalue weighted by molar-refractivity contribution is -0.318. The number of Topliss-reactive ketones (excluding diaryl/α,β-unsaturated/α-hetero) is 1. The second-order valence-electron chi connectivity index (χ2n) is 16.9. The Morgan fingerprint density at radius 1 is 0.906 bits per heavy atom. The number of esters is 1. The number of likely N-dealkylation sites (N-methyl/N-ethyl adjacent to an activating group) is 1. The number of ether oxygens (including phenoxy) is 8. The summed E-state index contributed by atoms with van der Waals surface area (Å²) in [7, 11) is 5.20. The van der Waals surface area contributed by atoms with Crippen LogP contribution in [0.5, 0.6) is 0 Å². The lowest BCUT2D eigenvalue weighted by atomic mass is 9.74. The Bertz CT molecular complexity index is 1300. The number of aliphatic hydroxyl groups excluding tert-OH is 2. The fraction of sp³-hybridized carbons (Fsp3) is 0.921. The van der Waals surface area contributed by atoms with E-state index in [1.165, 1.54) is 7.11 Å². The maximum Gasteiger partial charge on any atom is 0.509 e. The van der Waals surface area contributed by atoms with Crippen LogP contribution in [0, 0.1) is 23.7 Å². The number of fused-ring (bicyclic) bond motifs is 1. The van der Waals surface area contributed by atoms with E-state index < -0.39 is 108 Å². The highest BCUT2D eigenvalue weighted by atomic mass is 16.8. The van der Waals surface area contributed by atoms with Gasteiger partial charge in [0, 0.05) is 31.4 Å². The number of hydrogen-bond donors (Lipinski definition) is 3. The van der Waals surface area contributed by atoms with Crippen LogP contribution in [0.4, 0.5) is 4.79 Å². The second-order valence-corrected chi connectivity index (χ2v) is 16.9. The first-order chi connectivity index (χ1) is 24.5. The van der Waals surface area contributed by atoms with Gasteiger partial charge in [0.2, 0.25) is 0 Å². The van der Waals surface area contributed by atoms with Crippen LogP contribution in [0.2, 0.25) is 0 Å². The van der Waals surface area contributed by atoms with E-state index in [2.05, 4.69) is 0 Å². The third-order valence-corrected chi connectivity index (χ3v) is 12.3. The van der Waals surface area contributed by atoms with Crippen molar-refractivity contribution in [1.29, 1.82) is 0 Å². The van der Waals surface area contributed by atoms with Crippen molar-refractivity contribution in [3.8, 4) is 0 Å². The quantitative estimate of drug-likeness (QED) is 0.321. The lowest BCUT2D eigenvalue weighted by Gasteiger charge is -2.49. The molecule has 306 valence electrons. The van der Waals surface area contributed by atoms with Crippen LogP contribution in [0.1, 0.15) is 94.9 Å². The van der Waals surface area contributed by atoms with Crippen molar-refractivity contribution in [3.05, 3.63) is 0 Å². The van der Waals surface area contributed by atoms with E-state index in [1.54, 1.807) is 62.3 Å². The third kappa shape index (κ3) is 8.88. The molecule has 18 atom stereocenters. The summed E-state index contributed by atoms with van der Waals surface area (Å²) in [6.07, 6.45) is -9.81. The van der Waals surface area contributed by atoms with Crippen LogP contribution in [-0.4, -0.2) is 144 Å². The van der Waals surface area contributed by atoms with E-state index in [4.69, 9.17) is 37.9 Å². The topological polar surface area (TPSA) is 189 Å². The SMILES string of the molecule is CC[C@@H]1OC(=O)[C@H](C)[C@H](O[C@@H]2C[C@](C)(OC)[C@H](O)[C@H](C)O2)[C@H](C)[C@H](O[C@@H]2O[C@H](C)C[C@H](N(C)C)[C@@H]2O)[C@](C)(O)C[C@H](C)C(=O)[C@H](C)[C@@H]2OC(=O)O[C@]12C. The Balaban J connectivity index is 1.84. The molecule has 0 aromatic rings. The highest BCUT2D eigenvalue weighted by Gasteiger charge is 2.59. The third-order valence-electron chi connectivity index (χ3n) is 12.3. The van der Waals surface area contributed by atoms with Gasteiger partial charge in [0.05, 0.1) is 47.5 Å². The number of rotatable bonds is 7. The first-order valence-corrected chi connectivity index (χ1v) is 19.1. The zero-order valence-corrected chi connectivity index (χ0v) is 33.8. The molecule has 0 spiro atoms. The van der Waals surface area contributed by atoms with Gasteiger partial charge in [0.25, 0.3) is 0 Å². The summed E-state index contributed by atoms with van der Waals surface area (Å²) in [4.78, 5) is 43.0. The van der Waals surface area contributed by atoms with Gasteiger partial charge >= 0.3 is 12.1 Å². The van der Waals surface area contributed by atoms with E-state index in [-0.39, 0.29) is 37.2 Å². The summed E-state index contributed by atoms with van der Waals surface area (Å²) in [6, 6.07) is -0.322. The number of carbonyl (C=O) groups excluding carboxylic acids is 3. The lowest BCUT2D eigenvalue weighted by Crippen LogP contribution is -2.61. The van der Waals surface area contributed by atoms with Crippen LogP contribution in [-0.2, 0) is 47.5 Å². The molecule has 15 heteroatoms. The Hall–Kier alpha value is -1.95. The van der Waals surface area contributed by atoms with Crippen LogP contribution in [0.15, 0.2) is 0 Å². The molecule has 4 fully saturated rings. The predicted octanol–water partition coefficient (Wildman–Crippen LogP) is 2.97. The predicted molar refractivity (Wildman–Crippen MR) is 189 cm³/mol. The van der Waals surface area contributed by atoms with Gasteiger partial charge < -0.3 is 58.1 Å². The zero-order chi connectivity index (χ0) is 40.0. The van der Waals surface area contributed by atoms with Gasteiger partial charge in [-0.25, -0.2) is 4.79 Å². The number of cyclic esters (lactones) is 1. The number of hydrogen-bond acceptors (Lipinski definition) is 15. The van der Waals surface area contributed by atoms with E-state index in [0.717, 1.165) is 0 Å². The monoisotopic (exact) mass is 759 g/mol. The Labute approximate surface area is 314 Å². The molecule has 0 radical (unpaired) electrons. The van der Waals surface area contributed by atoms with Gasteiger partial charge in [-0.05, 0) is 74.9 Å². The minimum absolute atomic E-state index is 0.0996. The summed E-state index contributed by atoms with van der Waals surface area (Å²) in [6.45, 7) is 16.9. The number of aliphatic hydroxyl groups is 3. The molecular weight excluding hydrogens is 694 g/mol. The maximum absolute atomic E-state index is 14.3. The molecule has 0 aromatic heterocycles. The molecule has 0 amide bonds. The average Bonchev–Trinajstić information content (AvgIpc) is 3.40. The van der Waals surface area contributed by atoms with E-state index in [0.29, 0.717) is 6.42 Å². The van der Waals surface area contributed by atoms with Crippen LogP contribution < -0.4 is 0 Å². The van der Waals surface area contributed by atoms with Crippen molar-refractivity contribution in [2.75, 3.05) is 21.2 Å². The van der Waals surface area contributed by atoms with Crippen molar-refractivity contribution < 1.29 is 67.6 Å². The van der Waals surface area contributed by atoms with Crippen LogP contribution >= 0.6 is 0 Å². The van der Waals surface area contributed by atoms with Crippen molar-refractivity contribution in [2.45, 2.75) is 179 Å². The van der Waals surface area contributed by atoms with Crippen molar-refractivity contribution in [1.82, 2.24) is 4.90 Å². The first kappa shape index (κ1) is 43.8. The van der Waals surface area contributed by atoms with E-state index in [9.17, 15) is 29.7 Å². The first-order valence-electron chi connectivity index (χ1n) is 19.1. The van der Waals surface area contributed by atoms with Gasteiger partial charge in [-0.1, -0.05) is 27.7 Å². The fourth-order valence-corrected chi connectivity index (χ4v) is 9.03. The average molecular weight is 760 g/mol. The summed E-state index contributed by atoms with van der Waals surface area (Å²) in [5.74, 6) is -4.54. The van der Waals surface area contributed by atoms with Gasteiger partial charge in [-0.2, -0.15) is 0 Å². The molecule has 4 saturated heterocycles. The standard InChI is InChI=1S/C38H65NO14/c1-14-25-38(10)32(52-35(44)53-38)20(4)27(40)18(2)16-36(8,45)31(51-34-28(41)24(39(11)12)15-19(3)47-34)21(5)29(22(6)33(43)49-25)50-26-17-37(9,46-13)30(42)23(7)48-26/h18-26,28-32,34,41-42,45H,14-17H2,1-13H3/t18-,19+,20-,21-,22+,23-,24-,25-,26+,28-,29+,30+,31-,32-,34-,36+,37-,38+/m0/s1. The summed E-state index contributed by atoms with van der Waals surface area (Å²) in [5, 5.41) is 34.9. The smallest absolute Gasteiger partial charge is 0.458 e. The fourth-order valence-electron chi connectivity index (χ4n) is 9.03. The molecule has 0 bridgehead atoms. The summed E-state index contributed by atoms with van der Waals surface area (Å²) < 4.78 is 48.7. The van der Waals surface area contributed by atoms with Crippen LogP contribution in [0.25, 0.3) is 0 Å². The van der Waals surface area contributed by atoms with E-state index >= 15 is 0 Å². The Morgan fingerprint density at radius 2 is 1.55 bits per heavy atom. The molecule has 4 heterocycles. The van der Waals surface area contributed by atoms with Gasteiger partial charge in [0.1, 0.15) is 24.1 Å². The molecule has 4 aliphatic rings. The molecule has 0 aliphatic carbocycles. The van der Waals surface area contributed by atoms with E-state index in [1.807, 2.05) is 25.9 Å². The molecular formula is C38H65NO14. The number of ketones is 1. The van der Waals surface area contributed by atoms with Gasteiger partial charge in [-0.3, -0.25) is 9.59 Å². The second kappa shape index (κ2) is 16.6. The maximum atomic E-state index is 14.3. The molecule has 4 rings (SSSR count). The minimum atomic E-state index is -1.78. The zero-order valence-electron chi connectivity index (χ0n) is 33.8. The largest absolute Gasteiger partial charge is 0.509 e. The van der Waals surface area contributed by atoms with Crippen molar-refractivity contribution in [3.63, 3.8) is 0 Å². The molecule has 53 heavy (non-hydrogen) atoms. The molecule has 4 aliphatic heterocycles. The van der Waals surface area contributed by atoms with Gasteiger partial charge in [0.15, 0.2) is 24.3 Å².